The molecule has 0 aliphatic carbocycles. The van der Waals surface area contributed by atoms with Gasteiger partial charge in [-0.15, -0.1) is 0 Å². The number of hydrogen-bond donors (Lipinski definition) is 1. The van der Waals surface area contributed by atoms with E-state index in [1.54, 1.807) is 0 Å². The quantitative estimate of drug-likeness (QED) is 0.908. The van der Waals surface area contributed by atoms with Crippen molar-refractivity contribution in [2.75, 3.05) is 0 Å². The summed E-state index contributed by atoms with van der Waals surface area (Å²) in [7, 11) is 0. The molecule has 2 N–H and O–H groups in total. The monoisotopic (exact) mass is 284 g/mol. The van der Waals surface area contributed by atoms with Crippen LogP contribution in [0.4, 0.5) is 8.78 Å². The molecule has 3 nitrogen and oxygen atoms in total. The zero-order valence-electron chi connectivity index (χ0n) is 6.60. The van der Waals surface area contributed by atoms with Gasteiger partial charge in [-0.3, -0.25) is 4.79 Å². The first kappa shape index (κ1) is 11.3. The minimum absolute atomic E-state index is 0.0440. The van der Waals surface area contributed by atoms with Gasteiger partial charge >= 0.3 is 0 Å². The van der Waals surface area contributed by atoms with Gasteiger partial charge in [-0.25, -0.2) is 13.8 Å². The van der Waals surface area contributed by atoms with E-state index in [0.29, 0.717) is 0 Å². The summed E-state index contributed by atoms with van der Waals surface area (Å²) < 4.78 is 24.7. The van der Waals surface area contributed by atoms with Crippen LogP contribution in [0.2, 0.25) is 5.02 Å². The lowest BCUT2D eigenvalue weighted by Crippen LogP contribution is -2.15. The fraction of sp³-hybridized carbons (Fsp3) is 0.143. The molecule has 1 aromatic rings. The highest BCUT2D eigenvalue weighted by atomic mass is 79.9. The van der Waals surface area contributed by atoms with E-state index in [1.807, 2.05) is 0 Å². The van der Waals surface area contributed by atoms with E-state index < -0.39 is 18.0 Å². The van der Waals surface area contributed by atoms with Crippen molar-refractivity contribution in [3.63, 3.8) is 0 Å². The van der Waals surface area contributed by atoms with Crippen molar-refractivity contribution >= 4 is 33.4 Å². The minimum Gasteiger partial charge on any atom is -0.364 e. The molecule has 0 atom stereocenters. The number of alkyl halides is 2. The maximum absolute atomic E-state index is 12.3. The first-order valence-electron chi connectivity index (χ1n) is 3.37. The molecular formula is C7H4BrClF2N2O. The molecule has 76 valence electrons. The van der Waals surface area contributed by atoms with Crippen LogP contribution in [0.3, 0.4) is 0 Å². The van der Waals surface area contributed by atoms with Crippen LogP contribution in [0.25, 0.3) is 0 Å². The second kappa shape index (κ2) is 4.18. The first-order valence-corrected chi connectivity index (χ1v) is 4.54. The fourth-order valence-electron chi connectivity index (χ4n) is 0.807. The van der Waals surface area contributed by atoms with E-state index >= 15 is 0 Å². The summed E-state index contributed by atoms with van der Waals surface area (Å²) in [4.78, 5) is 14.1. The molecule has 0 radical (unpaired) electrons. The van der Waals surface area contributed by atoms with Crippen LogP contribution in [0, 0.1) is 0 Å². The number of nitrogens with two attached hydrogens (primary N) is 1. The molecule has 7 heteroatoms. The summed E-state index contributed by atoms with van der Waals surface area (Å²) in [6.07, 6.45) is -2.79. The van der Waals surface area contributed by atoms with Gasteiger partial charge in [-0.1, -0.05) is 11.6 Å². The van der Waals surface area contributed by atoms with E-state index in [1.165, 1.54) is 0 Å². The number of carbonyl (C=O) groups is 1. The van der Waals surface area contributed by atoms with Gasteiger partial charge in [0.2, 0.25) is 0 Å². The van der Waals surface area contributed by atoms with Crippen LogP contribution >= 0.6 is 27.5 Å². The molecule has 14 heavy (non-hydrogen) atoms. The van der Waals surface area contributed by atoms with Gasteiger partial charge in [0.05, 0.1) is 5.02 Å². The van der Waals surface area contributed by atoms with Crippen molar-refractivity contribution < 1.29 is 13.6 Å². The van der Waals surface area contributed by atoms with E-state index in [9.17, 15) is 13.6 Å². The number of halogens is 4. The smallest absolute Gasteiger partial charge is 0.281 e. The lowest BCUT2D eigenvalue weighted by molar-refractivity contribution is 0.0993. The number of rotatable bonds is 2. The molecule has 0 aliphatic heterocycles. The Morgan fingerprint density at radius 3 is 2.64 bits per heavy atom. The zero-order valence-corrected chi connectivity index (χ0v) is 8.94. The highest BCUT2D eigenvalue weighted by molar-refractivity contribution is 9.10. The van der Waals surface area contributed by atoms with Gasteiger partial charge in [0.1, 0.15) is 11.4 Å². The SMILES string of the molecule is NC(=O)c1nc(C(F)F)c(Br)cc1Cl. The van der Waals surface area contributed by atoms with Crippen molar-refractivity contribution in [1.29, 1.82) is 0 Å². The summed E-state index contributed by atoms with van der Waals surface area (Å²) in [5.74, 6) is -0.940. The van der Waals surface area contributed by atoms with Crippen molar-refractivity contribution in [2.24, 2.45) is 5.73 Å². The highest BCUT2D eigenvalue weighted by Gasteiger charge is 2.18. The predicted molar refractivity (Wildman–Crippen MR) is 50.4 cm³/mol. The van der Waals surface area contributed by atoms with Crippen molar-refractivity contribution in [3.05, 3.63) is 26.9 Å². The van der Waals surface area contributed by atoms with Crippen LogP contribution in [0.1, 0.15) is 22.6 Å². The van der Waals surface area contributed by atoms with E-state index in [-0.39, 0.29) is 15.2 Å². The molecule has 0 aromatic carbocycles. The van der Waals surface area contributed by atoms with Crippen LogP contribution in [-0.2, 0) is 0 Å². The Bertz CT molecular complexity index is 386. The number of primary amides is 1. The molecule has 0 aliphatic rings. The number of aromatic nitrogens is 1. The summed E-state index contributed by atoms with van der Waals surface area (Å²) in [5.41, 5.74) is 3.98. The minimum atomic E-state index is -2.79. The Labute approximate surface area is 91.4 Å². The van der Waals surface area contributed by atoms with Gasteiger partial charge in [-0.05, 0) is 22.0 Å². The predicted octanol–water partition coefficient (Wildman–Crippen LogP) is 2.53. The number of hydrogen-bond acceptors (Lipinski definition) is 2. The van der Waals surface area contributed by atoms with E-state index in [2.05, 4.69) is 20.9 Å². The van der Waals surface area contributed by atoms with Gasteiger partial charge < -0.3 is 5.73 Å². The van der Waals surface area contributed by atoms with Crippen LogP contribution < -0.4 is 5.73 Å². The van der Waals surface area contributed by atoms with Gasteiger partial charge in [0.15, 0.2) is 0 Å². The molecule has 0 fully saturated rings. The average Bonchev–Trinajstić information content (AvgIpc) is 2.02. The van der Waals surface area contributed by atoms with Crippen molar-refractivity contribution in [1.82, 2.24) is 4.98 Å². The lowest BCUT2D eigenvalue weighted by atomic mass is 10.3. The molecule has 0 spiro atoms. The first-order chi connectivity index (χ1) is 6.43. The van der Waals surface area contributed by atoms with E-state index in [0.717, 1.165) is 6.07 Å². The number of amides is 1. The molecule has 1 aromatic heterocycles. The van der Waals surface area contributed by atoms with Gasteiger partial charge in [-0.2, -0.15) is 0 Å². The molecule has 0 saturated heterocycles. The Balaban J connectivity index is 3.34. The maximum atomic E-state index is 12.3. The average molecular weight is 285 g/mol. The fourth-order valence-corrected chi connectivity index (χ4v) is 1.67. The third-order valence-electron chi connectivity index (χ3n) is 1.40. The number of nitrogens with zero attached hydrogens (tertiary/aromatic N) is 1. The summed E-state index contributed by atoms with van der Waals surface area (Å²) >= 11 is 8.41. The molecule has 1 amide bonds. The Morgan fingerprint density at radius 2 is 2.21 bits per heavy atom. The standard InChI is InChI=1S/C7H4BrClF2N2O/c8-2-1-3(9)5(7(12)14)13-4(2)6(10)11/h1,6H,(H2,12,14). The molecule has 0 unspecified atom stereocenters. The summed E-state index contributed by atoms with van der Waals surface area (Å²) in [6, 6.07) is 1.16. The highest BCUT2D eigenvalue weighted by Crippen LogP contribution is 2.29. The maximum Gasteiger partial charge on any atom is 0.281 e. The lowest BCUT2D eigenvalue weighted by Gasteiger charge is -2.05. The number of pyridine rings is 1. The second-order valence-corrected chi connectivity index (χ2v) is 3.61. The molecule has 0 bridgehead atoms. The van der Waals surface area contributed by atoms with Crippen molar-refractivity contribution in [3.8, 4) is 0 Å². The van der Waals surface area contributed by atoms with Gasteiger partial charge in [0.25, 0.3) is 12.3 Å². The largest absolute Gasteiger partial charge is 0.364 e. The second-order valence-electron chi connectivity index (χ2n) is 2.35. The third-order valence-corrected chi connectivity index (χ3v) is 2.32. The van der Waals surface area contributed by atoms with Crippen LogP contribution in [-0.4, -0.2) is 10.9 Å². The Kier molecular flexibility index (Phi) is 3.38. The van der Waals surface area contributed by atoms with E-state index in [4.69, 9.17) is 17.3 Å². The van der Waals surface area contributed by atoms with Crippen LogP contribution in [0.15, 0.2) is 10.5 Å². The Hall–Kier alpha value is -0.750. The van der Waals surface area contributed by atoms with Crippen LogP contribution in [0.5, 0.6) is 0 Å². The molecule has 0 saturated carbocycles. The Morgan fingerprint density at radius 1 is 1.64 bits per heavy atom. The summed E-state index contributed by atoms with van der Waals surface area (Å²) in [5, 5.41) is -0.0613. The number of carbonyl (C=O) groups excluding carboxylic acids is 1. The molecule has 1 rings (SSSR count). The zero-order chi connectivity index (χ0) is 10.9. The molecular weight excluding hydrogens is 281 g/mol. The normalized spacial score (nSPS) is 10.6. The molecule has 1 heterocycles. The topological polar surface area (TPSA) is 56.0 Å². The summed E-state index contributed by atoms with van der Waals surface area (Å²) in [6.45, 7) is 0. The third kappa shape index (κ3) is 2.19. The van der Waals surface area contributed by atoms with Gasteiger partial charge in [0, 0.05) is 4.47 Å². The van der Waals surface area contributed by atoms with Crippen molar-refractivity contribution in [2.45, 2.75) is 6.43 Å².